The van der Waals surface area contributed by atoms with Crippen molar-refractivity contribution in [2.45, 2.75) is 24.9 Å². The second kappa shape index (κ2) is 6.13. The molecule has 0 aromatic heterocycles. The van der Waals surface area contributed by atoms with Crippen molar-refractivity contribution in [1.82, 2.24) is 0 Å². The Balaban J connectivity index is 2.72. The van der Waals surface area contributed by atoms with Crippen molar-refractivity contribution in [3.8, 4) is 0 Å². The van der Waals surface area contributed by atoms with E-state index in [9.17, 15) is 20.8 Å². The Bertz CT molecular complexity index is 551. The fraction of sp³-hybridized carbons (Fsp3) is 0.250. The van der Waals surface area contributed by atoms with Crippen molar-refractivity contribution >= 4 is 0 Å². The number of hydrogen-bond donors (Lipinski definition) is 4. The zero-order valence-corrected chi connectivity index (χ0v) is 12.5. The molecule has 0 fully saturated rings. The third-order valence-corrected chi connectivity index (χ3v) is 4.56. The molecule has 0 radical (unpaired) electrons. The molecule has 0 saturated heterocycles. The molecule has 0 bridgehead atoms. The SMILES string of the molecule is CC(c1ccccc1)([NH+]([O-])O)C(C)(c1ccccc1)[NH+]([O-])O. The number of hydrogen-bond acceptors (Lipinski definition) is 4. The maximum absolute atomic E-state index is 12.1. The van der Waals surface area contributed by atoms with E-state index in [4.69, 9.17) is 0 Å². The van der Waals surface area contributed by atoms with Gasteiger partial charge in [0.15, 0.2) is 0 Å². The van der Waals surface area contributed by atoms with E-state index in [-0.39, 0.29) is 0 Å². The number of nitrogens with one attached hydrogen (secondary N) is 2. The summed E-state index contributed by atoms with van der Waals surface area (Å²) in [6, 6.07) is 17.0. The number of rotatable bonds is 5. The van der Waals surface area contributed by atoms with Gasteiger partial charge in [0, 0.05) is 25.0 Å². The molecule has 2 aromatic carbocycles. The van der Waals surface area contributed by atoms with Crippen molar-refractivity contribution in [1.29, 1.82) is 0 Å². The van der Waals surface area contributed by atoms with E-state index in [0.29, 0.717) is 11.1 Å². The van der Waals surface area contributed by atoms with Crippen LogP contribution in [0, 0.1) is 10.4 Å². The molecule has 4 atom stereocenters. The molecule has 4 N–H and O–H groups in total. The molecular formula is C16H20N2O4. The summed E-state index contributed by atoms with van der Waals surface area (Å²) in [6.45, 7) is 2.93. The van der Waals surface area contributed by atoms with Crippen molar-refractivity contribution in [2.75, 3.05) is 0 Å². The summed E-state index contributed by atoms with van der Waals surface area (Å²) in [7, 11) is 0. The molecule has 2 aromatic rings. The van der Waals surface area contributed by atoms with E-state index in [0.717, 1.165) is 0 Å². The Morgan fingerprint density at radius 3 is 1.18 bits per heavy atom. The summed E-state index contributed by atoms with van der Waals surface area (Å²) >= 11 is 0. The van der Waals surface area contributed by atoms with E-state index >= 15 is 0 Å². The Labute approximate surface area is 128 Å². The van der Waals surface area contributed by atoms with Gasteiger partial charge in [-0.2, -0.15) is 0 Å². The van der Waals surface area contributed by atoms with E-state index < -0.39 is 21.5 Å². The molecule has 0 aliphatic heterocycles. The first kappa shape index (κ1) is 16.6. The average molecular weight is 304 g/mol. The second-order valence-corrected chi connectivity index (χ2v) is 5.59. The van der Waals surface area contributed by atoms with Gasteiger partial charge in [0.1, 0.15) is 0 Å². The molecule has 118 valence electrons. The lowest BCUT2D eigenvalue weighted by atomic mass is 9.71. The molecule has 0 amide bonds. The largest absolute Gasteiger partial charge is 0.599 e. The van der Waals surface area contributed by atoms with Crippen LogP contribution >= 0.6 is 0 Å². The lowest BCUT2D eigenvalue weighted by Crippen LogP contribution is -3.25. The number of benzene rings is 2. The fourth-order valence-electron chi connectivity index (χ4n) is 2.80. The van der Waals surface area contributed by atoms with E-state index in [2.05, 4.69) is 0 Å². The summed E-state index contributed by atoms with van der Waals surface area (Å²) in [5, 5.41) is 41.6. The smallest absolute Gasteiger partial charge is 0.212 e. The van der Waals surface area contributed by atoms with Crippen LogP contribution in [-0.4, -0.2) is 10.4 Å². The van der Waals surface area contributed by atoms with Gasteiger partial charge in [-0.3, -0.25) is 0 Å². The van der Waals surface area contributed by atoms with Gasteiger partial charge in [0.05, 0.1) is 0 Å². The van der Waals surface area contributed by atoms with Crippen LogP contribution in [0.5, 0.6) is 0 Å². The average Bonchev–Trinajstić information content (AvgIpc) is 2.54. The van der Waals surface area contributed by atoms with Crippen LogP contribution in [0.2, 0.25) is 0 Å². The molecule has 6 heteroatoms. The van der Waals surface area contributed by atoms with Crippen LogP contribution in [0.3, 0.4) is 0 Å². The van der Waals surface area contributed by atoms with Gasteiger partial charge >= 0.3 is 0 Å². The predicted molar refractivity (Wildman–Crippen MR) is 79.8 cm³/mol. The first-order valence-corrected chi connectivity index (χ1v) is 6.93. The number of quaternary nitrogens is 2. The predicted octanol–water partition coefficient (Wildman–Crippen LogP) is 0.361. The Hall–Kier alpha value is -1.80. The summed E-state index contributed by atoms with van der Waals surface area (Å²) in [4.78, 5) is 0. The van der Waals surface area contributed by atoms with Gasteiger partial charge in [-0.05, 0) is 0 Å². The van der Waals surface area contributed by atoms with Gasteiger partial charge in [-0.15, -0.1) is 0 Å². The Morgan fingerprint density at radius 1 is 0.682 bits per heavy atom. The first-order valence-electron chi connectivity index (χ1n) is 6.93. The first-order chi connectivity index (χ1) is 10.3. The maximum Gasteiger partial charge on any atom is 0.212 e. The Kier molecular flexibility index (Phi) is 4.62. The second-order valence-electron chi connectivity index (χ2n) is 5.59. The lowest BCUT2D eigenvalue weighted by molar-refractivity contribution is -1.17. The molecule has 6 nitrogen and oxygen atoms in total. The summed E-state index contributed by atoms with van der Waals surface area (Å²) in [5.74, 6) is 0. The third-order valence-electron chi connectivity index (χ3n) is 4.56. The van der Waals surface area contributed by atoms with Crippen molar-refractivity contribution in [3.05, 3.63) is 82.2 Å². The molecular weight excluding hydrogens is 284 g/mol. The maximum atomic E-state index is 12.1. The van der Waals surface area contributed by atoms with Gasteiger partial charge in [0.2, 0.25) is 11.1 Å². The molecule has 0 spiro atoms. The molecule has 0 heterocycles. The van der Waals surface area contributed by atoms with Crippen LogP contribution in [0.1, 0.15) is 25.0 Å². The van der Waals surface area contributed by atoms with Crippen LogP contribution < -0.4 is 10.5 Å². The summed E-state index contributed by atoms with van der Waals surface area (Å²) in [5.41, 5.74) is -2.31. The van der Waals surface area contributed by atoms with Gasteiger partial charge in [-0.25, -0.2) is 20.9 Å². The summed E-state index contributed by atoms with van der Waals surface area (Å²) < 4.78 is 0. The normalized spacial score (nSPS) is 19.7. The number of hydroxylamine groups is 4. The minimum absolute atomic E-state index is 0.455. The molecule has 22 heavy (non-hydrogen) atoms. The highest BCUT2D eigenvalue weighted by molar-refractivity contribution is 5.32. The third kappa shape index (κ3) is 2.42. The molecule has 4 unspecified atom stereocenters. The highest BCUT2D eigenvalue weighted by atomic mass is 16.8. The summed E-state index contributed by atoms with van der Waals surface area (Å²) in [6.07, 6.45) is 0. The zero-order valence-electron chi connectivity index (χ0n) is 12.5. The van der Waals surface area contributed by atoms with Gasteiger partial charge in [0.25, 0.3) is 0 Å². The standard InChI is InChI=1S/C16H20N2O4/c1-15(17(19)20,13-9-5-3-6-10-13)16(2,18(21)22)14-11-7-4-8-12-14/h3-12,17-19,21H,1-2H3. The minimum Gasteiger partial charge on any atom is -0.599 e. The van der Waals surface area contributed by atoms with Crippen molar-refractivity contribution in [2.24, 2.45) is 0 Å². The van der Waals surface area contributed by atoms with Crippen LogP contribution in [-0.2, 0) is 11.1 Å². The molecule has 0 saturated carbocycles. The van der Waals surface area contributed by atoms with Crippen molar-refractivity contribution < 1.29 is 20.9 Å². The van der Waals surface area contributed by atoms with Crippen LogP contribution in [0.15, 0.2) is 60.7 Å². The van der Waals surface area contributed by atoms with E-state index in [1.807, 2.05) is 0 Å². The highest BCUT2D eigenvalue weighted by Crippen LogP contribution is 2.35. The van der Waals surface area contributed by atoms with E-state index in [1.54, 1.807) is 60.7 Å². The molecule has 0 aliphatic carbocycles. The van der Waals surface area contributed by atoms with Gasteiger partial charge in [-0.1, -0.05) is 60.7 Å². The molecule has 2 rings (SSSR count). The lowest BCUT2D eigenvalue weighted by Gasteiger charge is -2.49. The fourth-order valence-corrected chi connectivity index (χ4v) is 2.80. The van der Waals surface area contributed by atoms with Crippen molar-refractivity contribution in [3.63, 3.8) is 0 Å². The minimum atomic E-state index is -1.61. The van der Waals surface area contributed by atoms with Gasteiger partial charge < -0.3 is 10.4 Å². The quantitative estimate of drug-likeness (QED) is 0.600. The Morgan fingerprint density at radius 2 is 0.955 bits per heavy atom. The van der Waals surface area contributed by atoms with Crippen LogP contribution in [0.25, 0.3) is 0 Å². The monoisotopic (exact) mass is 304 g/mol. The van der Waals surface area contributed by atoms with Crippen LogP contribution in [0.4, 0.5) is 0 Å². The highest BCUT2D eigenvalue weighted by Gasteiger charge is 2.59. The van der Waals surface area contributed by atoms with E-state index in [1.165, 1.54) is 13.8 Å². The topological polar surface area (TPSA) is 95.5 Å². The zero-order chi connectivity index (χ0) is 16.4. The molecule has 0 aliphatic rings.